The van der Waals surface area contributed by atoms with E-state index < -0.39 is 0 Å². The molecule has 0 spiro atoms. The predicted octanol–water partition coefficient (Wildman–Crippen LogP) is 2.68. The van der Waals surface area contributed by atoms with E-state index in [0.717, 1.165) is 18.7 Å². The highest BCUT2D eigenvalue weighted by Gasteiger charge is 2.11. The molecule has 2 aromatic rings. The van der Waals surface area contributed by atoms with E-state index in [9.17, 15) is 5.11 Å². The molecular formula is C15H18N2O. The number of phenols is 1. The first-order valence-electron chi connectivity index (χ1n) is 6.22. The molecule has 0 amide bonds. The Labute approximate surface area is 108 Å². The maximum absolute atomic E-state index is 9.28. The van der Waals surface area contributed by atoms with Gasteiger partial charge in [0.25, 0.3) is 0 Å². The second-order valence-electron chi connectivity index (χ2n) is 4.24. The Balaban J connectivity index is 2.14. The Morgan fingerprint density at radius 2 is 1.94 bits per heavy atom. The van der Waals surface area contributed by atoms with Gasteiger partial charge in [-0.2, -0.15) is 0 Å². The van der Waals surface area contributed by atoms with Crippen molar-refractivity contribution in [3.63, 3.8) is 0 Å². The lowest BCUT2D eigenvalue weighted by Gasteiger charge is -2.17. The van der Waals surface area contributed by atoms with Gasteiger partial charge >= 0.3 is 0 Å². The average molecular weight is 242 g/mol. The van der Waals surface area contributed by atoms with Gasteiger partial charge in [-0.15, -0.1) is 0 Å². The third-order valence-electron chi connectivity index (χ3n) is 2.87. The summed E-state index contributed by atoms with van der Waals surface area (Å²) in [6.45, 7) is 2.99. The number of likely N-dealkylation sites (N-methyl/N-ethyl adjacent to an activating group) is 1. The van der Waals surface area contributed by atoms with Crippen molar-refractivity contribution >= 4 is 0 Å². The summed E-state index contributed by atoms with van der Waals surface area (Å²) in [5.41, 5.74) is 2.23. The second-order valence-corrected chi connectivity index (χ2v) is 4.24. The summed E-state index contributed by atoms with van der Waals surface area (Å²) >= 11 is 0. The van der Waals surface area contributed by atoms with Crippen molar-refractivity contribution in [2.75, 3.05) is 6.54 Å². The van der Waals surface area contributed by atoms with Crippen LogP contribution in [0.5, 0.6) is 5.75 Å². The molecule has 0 aliphatic rings. The number of nitrogens with one attached hydrogen (secondary N) is 1. The summed E-state index contributed by atoms with van der Waals surface area (Å²) in [5.74, 6) is 0.302. The fourth-order valence-corrected chi connectivity index (χ4v) is 1.98. The number of benzene rings is 1. The summed E-state index contributed by atoms with van der Waals surface area (Å²) in [7, 11) is 0. The largest absolute Gasteiger partial charge is 0.508 e. The molecule has 18 heavy (non-hydrogen) atoms. The van der Waals surface area contributed by atoms with Crippen molar-refractivity contribution in [3.05, 3.63) is 59.9 Å². The van der Waals surface area contributed by atoms with Gasteiger partial charge in [-0.05, 0) is 42.8 Å². The van der Waals surface area contributed by atoms with Crippen LogP contribution in [0, 0.1) is 0 Å². The zero-order valence-electron chi connectivity index (χ0n) is 10.5. The zero-order valence-corrected chi connectivity index (χ0v) is 10.5. The van der Waals surface area contributed by atoms with Crippen molar-refractivity contribution in [3.8, 4) is 5.75 Å². The molecule has 0 saturated carbocycles. The van der Waals surface area contributed by atoms with Crippen LogP contribution < -0.4 is 5.32 Å². The normalized spacial score (nSPS) is 12.3. The van der Waals surface area contributed by atoms with E-state index in [0.29, 0.717) is 5.75 Å². The number of hydrogen-bond donors (Lipinski definition) is 2. The summed E-state index contributed by atoms with van der Waals surface area (Å²) in [6.07, 6.45) is 2.68. The van der Waals surface area contributed by atoms with E-state index in [-0.39, 0.29) is 6.04 Å². The highest BCUT2D eigenvalue weighted by Crippen LogP contribution is 2.18. The van der Waals surface area contributed by atoms with Crippen LogP contribution in [0.1, 0.15) is 24.2 Å². The average Bonchev–Trinajstić information content (AvgIpc) is 2.42. The molecule has 1 atom stereocenters. The highest BCUT2D eigenvalue weighted by molar-refractivity contribution is 5.27. The van der Waals surface area contributed by atoms with Crippen molar-refractivity contribution in [1.82, 2.24) is 10.3 Å². The van der Waals surface area contributed by atoms with E-state index in [1.165, 1.54) is 5.56 Å². The lowest BCUT2D eigenvalue weighted by molar-refractivity contribution is 0.474. The first kappa shape index (κ1) is 12.6. The van der Waals surface area contributed by atoms with Gasteiger partial charge < -0.3 is 10.4 Å². The molecule has 0 fully saturated rings. The van der Waals surface area contributed by atoms with Gasteiger partial charge in [-0.25, -0.2) is 0 Å². The maximum atomic E-state index is 9.28. The molecule has 1 aromatic carbocycles. The Morgan fingerprint density at radius 1 is 1.17 bits per heavy atom. The molecular weight excluding hydrogens is 224 g/mol. The van der Waals surface area contributed by atoms with E-state index in [4.69, 9.17) is 0 Å². The van der Waals surface area contributed by atoms with Crippen molar-refractivity contribution in [2.45, 2.75) is 19.4 Å². The van der Waals surface area contributed by atoms with Crippen LogP contribution in [0.2, 0.25) is 0 Å². The number of phenolic OH excluding ortho intramolecular Hbond substituents is 1. The SMILES string of the molecule is CCNC(Cc1ccc(O)cc1)c1ccccn1. The maximum Gasteiger partial charge on any atom is 0.115 e. The lowest BCUT2D eigenvalue weighted by Crippen LogP contribution is -2.23. The van der Waals surface area contributed by atoms with Gasteiger partial charge in [0, 0.05) is 6.20 Å². The summed E-state index contributed by atoms with van der Waals surface area (Å²) < 4.78 is 0. The molecule has 1 unspecified atom stereocenters. The molecule has 0 bridgehead atoms. The van der Waals surface area contributed by atoms with Crippen molar-refractivity contribution in [1.29, 1.82) is 0 Å². The molecule has 0 radical (unpaired) electrons. The van der Waals surface area contributed by atoms with Gasteiger partial charge in [0.05, 0.1) is 11.7 Å². The Hall–Kier alpha value is -1.87. The van der Waals surface area contributed by atoms with Crippen LogP contribution in [0.4, 0.5) is 0 Å². The van der Waals surface area contributed by atoms with Crippen LogP contribution in [0.3, 0.4) is 0 Å². The molecule has 0 saturated heterocycles. The first-order valence-corrected chi connectivity index (χ1v) is 6.22. The number of aromatic nitrogens is 1. The molecule has 0 aliphatic carbocycles. The molecule has 2 rings (SSSR count). The number of pyridine rings is 1. The fourth-order valence-electron chi connectivity index (χ4n) is 1.98. The van der Waals surface area contributed by atoms with Crippen LogP contribution in [0.15, 0.2) is 48.7 Å². The molecule has 3 nitrogen and oxygen atoms in total. The fraction of sp³-hybridized carbons (Fsp3) is 0.267. The summed E-state index contributed by atoms with van der Waals surface area (Å²) in [4.78, 5) is 4.40. The quantitative estimate of drug-likeness (QED) is 0.847. The van der Waals surface area contributed by atoms with Gasteiger partial charge in [0.2, 0.25) is 0 Å². The standard InChI is InChI=1S/C15H18N2O/c1-2-16-15(14-5-3-4-10-17-14)11-12-6-8-13(18)9-7-12/h3-10,15-16,18H,2,11H2,1H3. The van der Waals surface area contributed by atoms with Crippen LogP contribution in [-0.2, 0) is 6.42 Å². The van der Waals surface area contributed by atoms with E-state index in [1.807, 2.05) is 36.5 Å². The minimum atomic E-state index is 0.209. The van der Waals surface area contributed by atoms with Crippen LogP contribution in [0.25, 0.3) is 0 Å². The Bertz CT molecular complexity index is 468. The predicted molar refractivity (Wildman–Crippen MR) is 72.5 cm³/mol. The van der Waals surface area contributed by atoms with Crippen molar-refractivity contribution in [2.24, 2.45) is 0 Å². The van der Waals surface area contributed by atoms with Crippen molar-refractivity contribution < 1.29 is 5.11 Å². The topological polar surface area (TPSA) is 45.1 Å². The highest BCUT2D eigenvalue weighted by atomic mass is 16.3. The van der Waals surface area contributed by atoms with E-state index >= 15 is 0 Å². The minimum Gasteiger partial charge on any atom is -0.508 e. The van der Waals surface area contributed by atoms with Gasteiger partial charge in [-0.1, -0.05) is 25.1 Å². The molecule has 94 valence electrons. The van der Waals surface area contributed by atoms with E-state index in [1.54, 1.807) is 12.1 Å². The molecule has 3 heteroatoms. The smallest absolute Gasteiger partial charge is 0.115 e. The summed E-state index contributed by atoms with van der Waals surface area (Å²) in [5, 5.41) is 12.7. The first-order chi connectivity index (χ1) is 8.79. The molecule has 1 aromatic heterocycles. The molecule has 2 N–H and O–H groups in total. The third-order valence-corrected chi connectivity index (χ3v) is 2.87. The van der Waals surface area contributed by atoms with E-state index in [2.05, 4.69) is 17.2 Å². The minimum absolute atomic E-state index is 0.209. The van der Waals surface area contributed by atoms with Crippen LogP contribution >= 0.6 is 0 Å². The monoisotopic (exact) mass is 242 g/mol. The Kier molecular flexibility index (Phi) is 4.31. The number of nitrogens with zero attached hydrogens (tertiary/aromatic N) is 1. The van der Waals surface area contributed by atoms with Gasteiger partial charge in [0.1, 0.15) is 5.75 Å². The number of rotatable bonds is 5. The molecule has 1 heterocycles. The zero-order chi connectivity index (χ0) is 12.8. The van der Waals surface area contributed by atoms with Gasteiger partial charge in [0.15, 0.2) is 0 Å². The lowest BCUT2D eigenvalue weighted by atomic mass is 10.0. The van der Waals surface area contributed by atoms with Crippen LogP contribution in [-0.4, -0.2) is 16.6 Å². The number of aromatic hydroxyl groups is 1. The molecule has 0 aliphatic heterocycles. The van der Waals surface area contributed by atoms with Gasteiger partial charge in [-0.3, -0.25) is 4.98 Å². The third kappa shape index (κ3) is 3.31. The number of hydrogen-bond acceptors (Lipinski definition) is 3. The Morgan fingerprint density at radius 3 is 2.56 bits per heavy atom. The summed E-state index contributed by atoms with van der Waals surface area (Å²) in [6, 6.07) is 13.5. The second kappa shape index (κ2) is 6.17.